The maximum atomic E-state index is 13.7. The van der Waals surface area contributed by atoms with Crippen molar-refractivity contribution in [3.05, 3.63) is 59.9 Å². The summed E-state index contributed by atoms with van der Waals surface area (Å²) >= 11 is 0. The summed E-state index contributed by atoms with van der Waals surface area (Å²) in [7, 11) is 1.40. The molecule has 0 aliphatic carbocycles. The van der Waals surface area contributed by atoms with Crippen LogP contribution in [0.1, 0.15) is 18.4 Å². The molecule has 0 aromatic heterocycles. The highest BCUT2D eigenvalue weighted by molar-refractivity contribution is 6.02. The highest BCUT2D eigenvalue weighted by Gasteiger charge is 2.16. The van der Waals surface area contributed by atoms with Gasteiger partial charge in [0.1, 0.15) is 12.4 Å². The lowest BCUT2D eigenvalue weighted by Gasteiger charge is -2.12. The molecule has 5 nitrogen and oxygen atoms in total. The summed E-state index contributed by atoms with van der Waals surface area (Å²) in [6.07, 6.45) is 5.09. The van der Waals surface area contributed by atoms with Crippen LogP contribution in [0.2, 0.25) is 0 Å². The van der Waals surface area contributed by atoms with Gasteiger partial charge in [-0.15, -0.1) is 0 Å². The van der Waals surface area contributed by atoms with Crippen LogP contribution < -0.4 is 14.8 Å². The quantitative estimate of drug-likeness (QED) is 0.746. The van der Waals surface area contributed by atoms with E-state index in [9.17, 15) is 9.18 Å². The third kappa shape index (κ3) is 5.56. The van der Waals surface area contributed by atoms with Gasteiger partial charge in [0, 0.05) is 24.4 Å². The van der Waals surface area contributed by atoms with E-state index in [0.717, 1.165) is 19.4 Å². The third-order valence-electron chi connectivity index (χ3n) is 4.16. The molecule has 1 amide bonds. The number of halogens is 1. The first kappa shape index (κ1) is 18.9. The average Bonchev–Trinajstić information content (AvgIpc) is 3.19. The van der Waals surface area contributed by atoms with E-state index in [4.69, 9.17) is 14.2 Å². The molecule has 2 aromatic rings. The second-order valence-electron chi connectivity index (χ2n) is 6.19. The second-order valence-corrected chi connectivity index (χ2v) is 6.19. The van der Waals surface area contributed by atoms with Crippen molar-refractivity contribution in [2.45, 2.75) is 18.9 Å². The van der Waals surface area contributed by atoms with Gasteiger partial charge in [0.05, 0.1) is 13.2 Å². The standard InChI is InChI=1S/C21H22FNO4/c1-25-20-9-7-15(12-19(20)22)8-10-21(24)23-16-4-2-5-17(13-16)27-14-18-6-3-11-26-18/h2,4-5,7-10,12-13,18H,3,6,11,14H2,1H3,(H,23,24)/b10-8+. The molecule has 1 unspecified atom stereocenters. The summed E-state index contributed by atoms with van der Waals surface area (Å²) in [6.45, 7) is 1.29. The van der Waals surface area contributed by atoms with E-state index < -0.39 is 5.82 Å². The lowest BCUT2D eigenvalue weighted by atomic mass is 10.2. The minimum atomic E-state index is -0.476. The Hall–Kier alpha value is -2.86. The molecule has 1 saturated heterocycles. The Kier molecular flexibility index (Phi) is 6.44. The number of benzene rings is 2. The molecule has 0 spiro atoms. The van der Waals surface area contributed by atoms with E-state index in [1.54, 1.807) is 18.2 Å². The zero-order valence-electron chi connectivity index (χ0n) is 15.1. The smallest absolute Gasteiger partial charge is 0.248 e. The molecular formula is C21H22FNO4. The van der Waals surface area contributed by atoms with Crippen LogP contribution in [0.3, 0.4) is 0 Å². The fourth-order valence-electron chi connectivity index (χ4n) is 2.77. The highest BCUT2D eigenvalue weighted by atomic mass is 19.1. The van der Waals surface area contributed by atoms with Crippen LogP contribution in [-0.4, -0.2) is 32.3 Å². The molecule has 1 fully saturated rings. The summed E-state index contributed by atoms with van der Waals surface area (Å²) in [5.74, 6) is 0.0413. The van der Waals surface area contributed by atoms with Crippen LogP contribution in [0.4, 0.5) is 10.1 Å². The summed E-state index contributed by atoms with van der Waals surface area (Å²) in [4.78, 5) is 12.1. The Balaban J connectivity index is 1.55. The van der Waals surface area contributed by atoms with Gasteiger partial charge in [-0.3, -0.25) is 4.79 Å². The van der Waals surface area contributed by atoms with Crippen molar-refractivity contribution < 1.29 is 23.4 Å². The number of amides is 1. The largest absolute Gasteiger partial charge is 0.494 e. The minimum Gasteiger partial charge on any atom is -0.494 e. The van der Waals surface area contributed by atoms with Crippen molar-refractivity contribution in [3.8, 4) is 11.5 Å². The molecule has 1 N–H and O–H groups in total. The summed E-state index contributed by atoms with van der Waals surface area (Å²) < 4.78 is 29.8. The number of nitrogens with one attached hydrogen (secondary N) is 1. The first-order valence-corrected chi connectivity index (χ1v) is 8.81. The van der Waals surface area contributed by atoms with Crippen LogP contribution in [0.5, 0.6) is 11.5 Å². The highest BCUT2D eigenvalue weighted by Crippen LogP contribution is 2.20. The van der Waals surface area contributed by atoms with Gasteiger partial charge in [0.25, 0.3) is 0 Å². The number of hydrogen-bond acceptors (Lipinski definition) is 4. The van der Waals surface area contributed by atoms with Crippen LogP contribution in [-0.2, 0) is 9.53 Å². The van der Waals surface area contributed by atoms with Crippen LogP contribution >= 0.6 is 0 Å². The van der Waals surface area contributed by atoms with E-state index in [2.05, 4.69) is 5.32 Å². The Bertz CT molecular complexity index is 816. The molecule has 27 heavy (non-hydrogen) atoms. The van der Waals surface area contributed by atoms with Crippen molar-refractivity contribution in [2.75, 3.05) is 25.6 Å². The molecule has 1 aliphatic heterocycles. The molecule has 2 aromatic carbocycles. The molecule has 0 saturated carbocycles. The van der Waals surface area contributed by atoms with Gasteiger partial charge >= 0.3 is 0 Å². The zero-order chi connectivity index (χ0) is 19.1. The molecular weight excluding hydrogens is 349 g/mol. The maximum Gasteiger partial charge on any atom is 0.248 e. The predicted octanol–water partition coefficient (Wildman–Crippen LogP) is 4.04. The first-order chi connectivity index (χ1) is 13.1. The minimum absolute atomic E-state index is 0.135. The number of ether oxygens (including phenoxy) is 3. The molecule has 3 rings (SSSR count). The lowest BCUT2D eigenvalue weighted by molar-refractivity contribution is -0.111. The Morgan fingerprint density at radius 2 is 2.22 bits per heavy atom. The van der Waals surface area contributed by atoms with Gasteiger partial charge in [-0.1, -0.05) is 12.1 Å². The molecule has 0 radical (unpaired) electrons. The second kappa shape index (κ2) is 9.19. The Morgan fingerprint density at radius 1 is 1.33 bits per heavy atom. The van der Waals surface area contributed by atoms with Crippen molar-refractivity contribution in [1.82, 2.24) is 0 Å². The maximum absolute atomic E-state index is 13.7. The van der Waals surface area contributed by atoms with Gasteiger partial charge in [0.15, 0.2) is 11.6 Å². The normalized spacial score (nSPS) is 16.4. The zero-order valence-corrected chi connectivity index (χ0v) is 15.1. The van der Waals surface area contributed by atoms with E-state index in [0.29, 0.717) is 23.6 Å². The molecule has 1 atom stereocenters. The molecule has 6 heteroatoms. The Labute approximate surface area is 157 Å². The topological polar surface area (TPSA) is 56.8 Å². The number of carbonyl (C=O) groups excluding carboxylic acids is 1. The van der Waals surface area contributed by atoms with E-state index in [1.807, 2.05) is 12.1 Å². The molecule has 1 heterocycles. The first-order valence-electron chi connectivity index (χ1n) is 8.81. The van der Waals surface area contributed by atoms with Crippen molar-refractivity contribution in [3.63, 3.8) is 0 Å². The molecule has 142 valence electrons. The van der Waals surface area contributed by atoms with E-state index in [1.165, 1.54) is 31.4 Å². The van der Waals surface area contributed by atoms with Gasteiger partial charge in [0.2, 0.25) is 5.91 Å². The number of methoxy groups -OCH3 is 1. The SMILES string of the molecule is COc1ccc(/C=C/C(=O)Nc2cccc(OCC3CCCO3)c2)cc1F. The average molecular weight is 371 g/mol. The predicted molar refractivity (Wildman–Crippen MR) is 102 cm³/mol. The molecule has 1 aliphatic rings. The van der Waals surface area contributed by atoms with Gasteiger partial charge in [-0.25, -0.2) is 4.39 Å². The van der Waals surface area contributed by atoms with Crippen LogP contribution in [0.15, 0.2) is 48.5 Å². The van der Waals surface area contributed by atoms with Crippen molar-refractivity contribution in [1.29, 1.82) is 0 Å². The summed E-state index contributed by atoms with van der Waals surface area (Å²) in [5.41, 5.74) is 1.19. The third-order valence-corrected chi connectivity index (χ3v) is 4.16. The number of hydrogen-bond donors (Lipinski definition) is 1. The van der Waals surface area contributed by atoms with E-state index in [-0.39, 0.29) is 17.8 Å². The lowest BCUT2D eigenvalue weighted by Crippen LogP contribution is -2.16. The number of anilines is 1. The van der Waals surface area contributed by atoms with Gasteiger partial charge < -0.3 is 19.5 Å². The summed E-state index contributed by atoms with van der Waals surface area (Å²) in [6, 6.07) is 11.7. The van der Waals surface area contributed by atoms with Gasteiger partial charge in [-0.05, 0) is 48.7 Å². The van der Waals surface area contributed by atoms with Gasteiger partial charge in [-0.2, -0.15) is 0 Å². The fraction of sp³-hybridized carbons (Fsp3) is 0.286. The van der Waals surface area contributed by atoms with E-state index >= 15 is 0 Å². The van der Waals surface area contributed by atoms with Crippen LogP contribution in [0.25, 0.3) is 6.08 Å². The molecule has 0 bridgehead atoms. The number of rotatable bonds is 7. The van der Waals surface area contributed by atoms with Crippen LogP contribution in [0, 0.1) is 5.82 Å². The van der Waals surface area contributed by atoms with Crippen molar-refractivity contribution >= 4 is 17.7 Å². The summed E-state index contributed by atoms with van der Waals surface area (Å²) in [5, 5.41) is 2.76. The fourth-order valence-corrected chi connectivity index (χ4v) is 2.77. The monoisotopic (exact) mass is 371 g/mol. The Morgan fingerprint density at radius 3 is 2.96 bits per heavy atom. The van der Waals surface area contributed by atoms with Crippen molar-refractivity contribution in [2.24, 2.45) is 0 Å². The number of carbonyl (C=O) groups is 1.